The largest absolute Gasteiger partial charge is 0.350 e. The monoisotopic (exact) mass is 400 g/mol. The molecule has 0 bridgehead atoms. The van der Waals surface area contributed by atoms with Gasteiger partial charge < -0.3 is 14.7 Å². The van der Waals surface area contributed by atoms with Gasteiger partial charge in [-0.1, -0.05) is 25.4 Å². The van der Waals surface area contributed by atoms with E-state index in [1.165, 1.54) is 24.3 Å². The van der Waals surface area contributed by atoms with Crippen LogP contribution in [0, 0.1) is 17.7 Å². The molecular weight excluding hydrogens is 375 g/mol. The van der Waals surface area contributed by atoms with Crippen LogP contribution in [-0.4, -0.2) is 45.5 Å². The van der Waals surface area contributed by atoms with Crippen LogP contribution >= 0.6 is 0 Å². The molecule has 1 aliphatic carbocycles. The van der Waals surface area contributed by atoms with Crippen LogP contribution in [-0.2, 0) is 4.79 Å². The molecule has 1 aliphatic heterocycles. The number of hydrogen-bond donors (Lipinski definition) is 1. The summed E-state index contributed by atoms with van der Waals surface area (Å²) >= 11 is 0. The maximum Gasteiger partial charge on any atom is 0.296 e. The molecule has 1 aromatic heterocycles. The molecule has 2 amide bonds. The molecule has 0 spiro atoms. The predicted molar refractivity (Wildman–Crippen MR) is 103 cm³/mol. The Kier molecular flexibility index (Phi) is 5.34. The van der Waals surface area contributed by atoms with Crippen molar-refractivity contribution < 1.29 is 18.5 Å². The first-order valence-corrected chi connectivity index (χ1v) is 10.1. The Balaban J connectivity index is 1.58. The second-order valence-electron chi connectivity index (χ2n) is 8.34. The minimum absolute atomic E-state index is 0.0351. The molecule has 0 radical (unpaired) electrons. The first-order chi connectivity index (χ1) is 13.9. The third-order valence-electron chi connectivity index (χ3n) is 5.78. The van der Waals surface area contributed by atoms with Gasteiger partial charge in [-0.15, -0.1) is 0 Å². The van der Waals surface area contributed by atoms with Gasteiger partial charge in [0.25, 0.3) is 17.6 Å². The van der Waals surface area contributed by atoms with E-state index < -0.39 is 11.9 Å². The number of benzene rings is 1. The summed E-state index contributed by atoms with van der Waals surface area (Å²) in [6, 6.07) is 5.02. The number of nitrogens with zero attached hydrogens (tertiary/aromatic N) is 3. The zero-order valence-corrected chi connectivity index (χ0v) is 16.6. The molecule has 7 nitrogen and oxygen atoms in total. The maximum absolute atomic E-state index is 13.2. The van der Waals surface area contributed by atoms with E-state index in [9.17, 15) is 14.0 Å². The molecule has 2 atom stereocenters. The standard InChI is InChI=1S/C21H25FN4O3/c1-12(2)10-17-19(27)23-16(13-4-3-5-13)11-26(17)21(28)18-24-20(29-25-18)14-6-8-15(22)9-7-14/h6-9,12-13,16-17H,3-5,10-11H2,1-2H3,(H,23,27)/t16-,17+/m1/s1. The number of carbonyl (C=O) groups excluding carboxylic acids is 2. The van der Waals surface area contributed by atoms with Gasteiger partial charge in [0.1, 0.15) is 11.9 Å². The van der Waals surface area contributed by atoms with E-state index >= 15 is 0 Å². The third-order valence-corrected chi connectivity index (χ3v) is 5.78. The molecule has 29 heavy (non-hydrogen) atoms. The number of carbonyl (C=O) groups is 2. The molecule has 2 aromatic rings. The van der Waals surface area contributed by atoms with Crippen LogP contribution in [0.1, 0.15) is 50.1 Å². The highest BCUT2D eigenvalue weighted by molar-refractivity contribution is 5.96. The molecule has 2 heterocycles. The van der Waals surface area contributed by atoms with E-state index in [0.717, 1.165) is 19.3 Å². The third kappa shape index (κ3) is 4.02. The Labute approximate surface area is 168 Å². The van der Waals surface area contributed by atoms with Crippen molar-refractivity contribution in [2.45, 2.75) is 51.6 Å². The van der Waals surface area contributed by atoms with Gasteiger partial charge in [0.2, 0.25) is 5.91 Å². The topological polar surface area (TPSA) is 88.3 Å². The smallest absolute Gasteiger partial charge is 0.296 e. The zero-order chi connectivity index (χ0) is 20.5. The fourth-order valence-electron chi connectivity index (χ4n) is 3.97. The summed E-state index contributed by atoms with van der Waals surface area (Å²) in [7, 11) is 0. The molecule has 1 aromatic carbocycles. The Morgan fingerprint density at radius 3 is 2.66 bits per heavy atom. The number of piperazine rings is 1. The summed E-state index contributed by atoms with van der Waals surface area (Å²) in [5, 5.41) is 6.94. The molecule has 4 rings (SSSR count). The number of nitrogens with one attached hydrogen (secondary N) is 1. The van der Waals surface area contributed by atoms with Crippen molar-refractivity contribution in [2.24, 2.45) is 11.8 Å². The molecule has 1 saturated carbocycles. The van der Waals surface area contributed by atoms with Gasteiger partial charge >= 0.3 is 0 Å². The lowest BCUT2D eigenvalue weighted by molar-refractivity contribution is -0.131. The zero-order valence-electron chi connectivity index (χ0n) is 16.6. The van der Waals surface area contributed by atoms with Crippen LogP contribution in [0.2, 0.25) is 0 Å². The van der Waals surface area contributed by atoms with Crippen LogP contribution in [0.5, 0.6) is 0 Å². The highest BCUT2D eigenvalue weighted by atomic mass is 19.1. The van der Waals surface area contributed by atoms with E-state index in [1.54, 1.807) is 4.90 Å². The summed E-state index contributed by atoms with van der Waals surface area (Å²) < 4.78 is 18.4. The normalized spacial score (nSPS) is 22.5. The molecule has 1 N–H and O–H groups in total. The summed E-state index contributed by atoms with van der Waals surface area (Å²) in [5.41, 5.74) is 0.528. The number of rotatable bonds is 5. The Morgan fingerprint density at radius 2 is 2.03 bits per heavy atom. The van der Waals surface area contributed by atoms with Gasteiger partial charge in [-0.3, -0.25) is 9.59 Å². The summed E-state index contributed by atoms with van der Waals surface area (Å²) in [4.78, 5) is 31.8. The van der Waals surface area contributed by atoms with E-state index in [2.05, 4.69) is 15.5 Å². The lowest BCUT2D eigenvalue weighted by Crippen LogP contribution is -2.64. The Hall–Kier alpha value is -2.77. The summed E-state index contributed by atoms with van der Waals surface area (Å²) in [6.07, 6.45) is 3.86. The van der Waals surface area contributed by atoms with Crippen molar-refractivity contribution in [2.75, 3.05) is 6.54 Å². The van der Waals surface area contributed by atoms with Gasteiger partial charge in [-0.25, -0.2) is 4.39 Å². The number of amides is 2. The minimum atomic E-state index is -0.549. The van der Waals surface area contributed by atoms with E-state index in [1.807, 2.05) is 13.8 Å². The summed E-state index contributed by atoms with van der Waals surface area (Å²) in [5.74, 6) is -0.173. The van der Waals surface area contributed by atoms with Crippen LogP contribution in [0.25, 0.3) is 11.5 Å². The van der Waals surface area contributed by atoms with E-state index in [0.29, 0.717) is 24.4 Å². The number of hydrogen-bond acceptors (Lipinski definition) is 5. The first-order valence-electron chi connectivity index (χ1n) is 10.1. The first kappa shape index (κ1) is 19.5. The van der Waals surface area contributed by atoms with E-state index in [4.69, 9.17) is 4.52 Å². The van der Waals surface area contributed by atoms with Crippen molar-refractivity contribution in [3.8, 4) is 11.5 Å². The van der Waals surface area contributed by atoms with E-state index in [-0.39, 0.29) is 35.4 Å². The molecule has 154 valence electrons. The average Bonchev–Trinajstić information content (AvgIpc) is 3.12. The second kappa shape index (κ2) is 7.93. The van der Waals surface area contributed by atoms with Gasteiger partial charge in [-0.2, -0.15) is 4.98 Å². The van der Waals surface area contributed by atoms with Crippen LogP contribution in [0.15, 0.2) is 28.8 Å². The summed E-state index contributed by atoms with van der Waals surface area (Å²) in [6.45, 7) is 4.50. The number of halogens is 1. The van der Waals surface area contributed by atoms with Crippen molar-refractivity contribution in [3.05, 3.63) is 35.9 Å². The van der Waals surface area contributed by atoms with Crippen molar-refractivity contribution in [1.82, 2.24) is 20.4 Å². The average molecular weight is 400 g/mol. The van der Waals surface area contributed by atoms with Crippen LogP contribution in [0.3, 0.4) is 0 Å². The molecule has 0 unspecified atom stereocenters. The number of aromatic nitrogens is 2. The highest BCUT2D eigenvalue weighted by Gasteiger charge is 2.42. The highest BCUT2D eigenvalue weighted by Crippen LogP contribution is 2.32. The molecular formula is C21H25FN4O3. The maximum atomic E-state index is 13.2. The lowest BCUT2D eigenvalue weighted by atomic mass is 9.78. The molecule has 2 aliphatic rings. The van der Waals surface area contributed by atoms with Crippen molar-refractivity contribution in [1.29, 1.82) is 0 Å². The van der Waals surface area contributed by atoms with Crippen molar-refractivity contribution >= 4 is 11.8 Å². The van der Waals surface area contributed by atoms with Gasteiger partial charge in [0.05, 0.1) is 0 Å². The van der Waals surface area contributed by atoms with Crippen molar-refractivity contribution in [3.63, 3.8) is 0 Å². The quantitative estimate of drug-likeness (QED) is 0.833. The fraction of sp³-hybridized carbons (Fsp3) is 0.524. The Morgan fingerprint density at radius 1 is 1.31 bits per heavy atom. The molecule has 1 saturated heterocycles. The Bertz CT molecular complexity index is 892. The predicted octanol–water partition coefficient (Wildman–Crippen LogP) is 3.03. The second-order valence-corrected chi connectivity index (χ2v) is 8.34. The SMILES string of the molecule is CC(C)C[C@H]1C(=O)N[C@@H](C2CCC2)CN1C(=O)c1noc(-c2ccc(F)cc2)n1. The lowest BCUT2D eigenvalue weighted by Gasteiger charge is -2.44. The van der Waals surface area contributed by atoms with Gasteiger partial charge in [0, 0.05) is 18.2 Å². The molecule has 2 fully saturated rings. The van der Waals surface area contributed by atoms with Gasteiger partial charge in [-0.05, 0) is 55.4 Å². The fourth-order valence-corrected chi connectivity index (χ4v) is 3.97. The van der Waals surface area contributed by atoms with Crippen LogP contribution in [0.4, 0.5) is 4.39 Å². The molecule has 8 heteroatoms. The minimum Gasteiger partial charge on any atom is -0.350 e. The van der Waals surface area contributed by atoms with Crippen LogP contribution < -0.4 is 5.32 Å². The van der Waals surface area contributed by atoms with Gasteiger partial charge in [0.15, 0.2) is 0 Å².